The molecule has 0 radical (unpaired) electrons. The molecule has 0 heterocycles. The van der Waals surface area contributed by atoms with Crippen LogP contribution in [0, 0.1) is 11.8 Å². The molecule has 0 amide bonds. The molecule has 3 atom stereocenters. The van der Waals surface area contributed by atoms with Gasteiger partial charge in [0.05, 0.1) is 0 Å². The van der Waals surface area contributed by atoms with Crippen molar-refractivity contribution in [3.05, 3.63) is 24.3 Å². The second-order valence-corrected chi connectivity index (χ2v) is 4.84. The van der Waals surface area contributed by atoms with Crippen LogP contribution in [0.15, 0.2) is 24.3 Å². The molecule has 3 unspecified atom stereocenters. The molecule has 0 bridgehead atoms. The Kier molecular flexibility index (Phi) is 3.15. The Morgan fingerprint density at radius 2 is 1.85 bits per heavy atom. The van der Waals surface area contributed by atoms with E-state index in [9.17, 15) is 0 Å². The van der Waals surface area contributed by atoms with Gasteiger partial charge in [0, 0.05) is 5.25 Å². The van der Waals surface area contributed by atoms with Gasteiger partial charge in [-0.05, 0) is 43.9 Å². The molecular weight excluding hydrogens is 176 g/mol. The van der Waals surface area contributed by atoms with Gasteiger partial charge in [0.2, 0.25) is 0 Å². The fourth-order valence-corrected chi connectivity index (χ4v) is 2.90. The summed E-state index contributed by atoms with van der Waals surface area (Å²) >= 11 is 4.68. The Labute approximate surface area is 86.5 Å². The van der Waals surface area contributed by atoms with Crippen molar-refractivity contribution >= 4 is 12.6 Å². The van der Waals surface area contributed by atoms with Crippen molar-refractivity contribution in [1.82, 2.24) is 0 Å². The maximum Gasteiger partial charge on any atom is 0.00882 e. The summed E-state index contributed by atoms with van der Waals surface area (Å²) in [7, 11) is 0. The topological polar surface area (TPSA) is 0 Å². The highest BCUT2D eigenvalue weighted by molar-refractivity contribution is 7.81. The third-order valence-electron chi connectivity index (χ3n) is 3.22. The van der Waals surface area contributed by atoms with Gasteiger partial charge >= 0.3 is 0 Å². The van der Waals surface area contributed by atoms with Crippen molar-refractivity contribution in [2.75, 3.05) is 0 Å². The van der Waals surface area contributed by atoms with Crippen LogP contribution >= 0.6 is 12.6 Å². The highest BCUT2D eigenvalue weighted by atomic mass is 32.1. The molecule has 0 nitrogen and oxygen atoms in total. The molecule has 0 fully saturated rings. The molecule has 0 saturated carbocycles. The summed E-state index contributed by atoms with van der Waals surface area (Å²) in [6.45, 7) is 0. The quantitative estimate of drug-likeness (QED) is 0.478. The van der Waals surface area contributed by atoms with Gasteiger partial charge in [-0.25, -0.2) is 0 Å². The average Bonchev–Trinajstić information content (AvgIpc) is 2.20. The molecule has 0 aromatic rings. The summed E-state index contributed by atoms with van der Waals surface area (Å²) in [6, 6.07) is 0. The van der Waals surface area contributed by atoms with Crippen LogP contribution in [0.3, 0.4) is 0 Å². The lowest BCUT2D eigenvalue weighted by molar-refractivity contribution is 0.392. The lowest BCUT2D eigenvalue weighted by Gasteiger charge is -2.31. The first-order valence-corrected chi connectivity index (χ1v) is 5.91. The molecular formula is C12H18S. The lowest BCUT2D eigenvalue weighted by atomic mass is 9.79. The Hall–Kier alpha value is -0.170. The van der Waals surface area contributed by atoms with Crippen molar-refractivity contribution in [2.45, 2.75) is 37.4 Å². The van der Waals surface area contributed by atoms with E-state index in [4.69, 9.17) is 0 Å². The zero-order chi connectivity index (χ0) is 9.10. The molecule has 0 spiro atoms. The van der Waals surface area contributed by atoms with Gasteiger partial charge < -0.3 is 0 Å². The molecule has 72 valence electrons. The van der Waals surface area contributed by atoms with Crippen LogP contribution in [0.25, 0.3) is 0 Å². The van der Waals surface area contributed by atoms with E-state index in [2.05, 4.69) is 36.9 Å². The van der Waals surface area contributed by atoms with Crippen molar-refractivity contribution in [3.8, 4) is 0 Å². The summed E-state index contributed by atoms with van der Waals surface area (Å²) < 4.78 is 0. The molecule has 2 aliphatic carbocycles. The first-order valence-electron chi connectivity index (χ1n) is 5.39. The van der Waals surface area contributed by atoms with Crippen molar-refractivity contribution in [1.29, 1.82) is 0 Å². The third kappa shape index (κ3) is 2.19. The number of thiol groups is 1. The van der Waals surface area contributed by atoms with E-state index in [1.54, 1.807) is 0 Å². The number of hydrogen-bond acceptors (Lipinski definition) is 1. The predicted molar refractivity (Wildman–Crippen MR) is 61.1 cm³/mol. The van der Waals surface area contributed by atoms with Crippen molar-refractivity contribution < 1.29 is 0 Å². The monoisotopic (exact) mass is 194 g/mol. The molecule has 1 heteroatoms. The SMILES string of the molecule is SC1CCC=CC1C1C=CCCC1. The Morgan fingerprint density at radius 3 is 2.54 bits per heavy atom. The molecule has 0 aromatic carbocycles. The summed E-state index contributed by atoms with van der Waals surface area (Å²) in [5, 5.41) is 0.595. The minimum atomic E-state index is 0.595. The van der Waals surface area contributed by atoms with Gasteiger partial charge in [-0.15, -0.1) is 0 Å². The van der Waals surface area contributed by atoms with Gasteiger partial charge in [-0.2, -0.15) is 12.6 Å². The van der Waals surface area contributed by atoms with E-state index < -0.39 is 0 Å². The second-order valence-electron chi connectivity index (χ2n) is 4.17. The fourth-order valence-electron chi connectivity index (χ4n) is 2.43. The maximum atomic E-state index is 4.68. The standard InChI is InChI=1S/C12H18S/c13-12-9-5-4-8-11(12)10-6-2-1-3-7-10/h2,4,6,8,10-13H,1,3,5,7,9H2. The molecule has 0 saturated heterocycles. The first kappa shape index (κ1) is 9.39. The number of rotatable bonds is 1. The zero-order valence-corrected chi connectivity index (χ0v) is 8.92. The highest BCUT2D eigenvalue weighted by Crippen LogP contribution is 2.34. The van der Waals surface area contributed by atoms with Gasteiger partial charge in [0.25, 0.3) is 0 Å². The van der Waals surface area contributed by atoms with Crippen LogP contribution in [0.4, 0.5) is 0 Å². The Morgan fingerprint density at radius 1 is 1.00 bits per heavy atom. The minimum absolute atomic E-state index is 0.595. The number of hydrogen-bond donors (Lipinski definition) is 1. The summed E-state index contributed by atoms with van der Waals surface area (Å²) in [6.07, 6.45) is 16.0. The van der Waals surface area contributed by atoms with Gasteiger partial charge in [-0.3, -0.25) is 0 Å². The van der Waals surface area contributed by atoms with Crippen molar-refractivity contribution in [3.63, 3.8) is 0 Å². The van der Waals surface area contributed by atoms with Gasteiger partial charge in [-0.1, -0.05) is 24.3 Å². The van der Waals surface area contributed by atoms with Crippen molar-refractivity contribution in [2.24, 2.45) is 11.8 Å². The normalized spacial score (nSPS) is 39.3. The van der Waals surface area contributed by atoms with Crippen LogP contribution in [-0.2, 0) is 0 Å². The lowest BCUT2D eigenvalue weighted by Crippen LogP contribution is -2.24. The molecule has 13 heavy (non-hydrogen) atoms. The zero-order valence-electron chi connectivity index (χ0n) is 8.02. The van der Waals surface area contributed by atoms with E-state index >= 15 is 0 Å². The van der Waals surface area contributed by atoms with E-state index in [1.807, 2.05) is 0 Å². The fraction of sp³-hybridized carbons (Fsp3) is 0.667. The highest BCUT2D eigenvalue weighted by Gasteiger charge is 2.25. The Bertz CT molecular complexity index is 217. The summed E-state index contributed by atoms with van der Waals surface area (Å²) in [5.74, 6) is 1.47. The van der Waals surface area contributed by atoms with Gasteiger partial charge in [0.1, 0.15) is 0 Å². The average molecular weight is 194 g/mol. The molecule has 2 aliphatic rings. The van der Waals surface area contributed by atoms with Gasteiger partial charge in [0.15, 0.2) is 0 Å². The second kappa shape index (κ2) is 4.36. The molecule has 0 N–H and O–H groups in total. The smallest absolute Gasteiger partial charge is 0.00882 e. The third-order valence-corrected chi connectivity index (χ3v) is 3.82. The molecule has 0 aromatic heterocycles. The minimum Gasteiger partial charge on any atom is -0.175 e. The van der Waals surface area contributed by atoms with E-state index in [1.165, 1.54) is 32.1 Å². The van der Waals surface area contributed by atoms with Crippen LogP contribution in [0.5, 0.6) is 0 Å². The van der Waals surface area contributed by atoms with Crippen LogP contribution < -0.4 is 0 Å². The summed E-state index contributed by atoms with van der Waals surface area (Å²) in [5.41, 5.74) is 0. The van der Waals surface area contributed by atoms with Crippen LogP contribution in [0.1, 0.15) is 32.1 Å². The van der Waals surface area contributed by atoms with E-state index in [-0.39, 0.29) is 0 Å². The van der Waals surface area contributed by atoms with Crippen LogP contribution in [-0.4, -0.2) is 5.25 Å². The largest absolute Gasteiger partial charge is 0.175 e. The van der Waals surface area contributed by atoms with E-state index in [0.717, 1.165) is 5.92 Å². The van der Waals surface area contributed by atoms with Crippen LogP contribution in [0.2, 0.25) is 0 Å². The predicted octanol–water partition coefficient (Wildman–Crippen LogP) is 3.61. The first-order chi connectivity index (χ1) is 6.38. The van der Waals surface area contributed by atoms with E-state index in [0.29, 0.717) is 11.2 Å². The molecule has 2 rings (SSSR count). The Balaban J connectivity index is 2.04. The summed E-state index contributed by atoms with van der Waals surface area (Å²) in [4.78, 5) is 0. The maximum absolute atomic E-state index is 4.68. The molecule has 0 aliphatic heterocycles. The number of allylic oxidation sites excluding steroid dienone is 4.